The fraction of sp³-hybridized carbons (Fsp3) is 0.100. The van der Waals surface area contributed by atoms with Gasteiger partial charge < -0.3 is 30.3 Å². The van der Waals surface area contributed by atoms with Crippen LogP contribution in [0.25, 0.3) is 22.3 Å². The number of hydrogen-bond acceptors (Lipinski definition) is 8. The average Bonchev–Trinajstić information content (AvgIpc) is 3.88. The van der Waals surface area contributed by atoms with Gasteiger partial charge in [-0.15, -0.1) is 49.0 Å². The Morgan fingerprint density at radius 3 is 1.10 bits per heavy atom. The lowest BCUT2D eigenvalue weighted by atomic mass is 9.67. The Balaban J connectivity index is 1.42. The third-order valence-electron chi connectivity index (χ3n) is 8.71. The van der Waals surface area contributed by atoms with Crippen LogP contribution in [0.5, 0.6) is 11.5 Å². The van der Waals surface area contributed by atoms with E-state index in [0.29, 0.717) is 22.3 Å². The summed E-state index contributed by atoms with van der Waals surface area (Å²) in [5.41, 5.74) is -5.06. The number of carboxylic acids is 2. The van der Waals surface area contributed by atoms with Crippen molar-refractivity contribution in [2.24, 2.45) is 0 Å². The molecule has 2 aromatic heterocycles. The number of carboxylic acid groups (broad SMARTS) is 2. The van der Waals surface area contributed by atoms with Gasteiger partial charge in [0.2, 0.25) is 11.1 Å². The summed E-state index contributed by atoms with van der Waals surface area (Å²) in [5, 5.41) is 30.3. The Kier molecular flexibility index (Phi) is 11.4. The standard InChI is InChI=1S/C40H26F6N2O8S2/c41-39(42,43)55-29-15-11-23(12-16-29)25-19-31(57-21-25)33(49)47-37(35(51)52,27-7-3-1-4-8-27)38(36(53)54,28-9-5-2-6-10-28)48-34(50)32-20-26(22-58-32)24-13-17-30(18-14-24)56-40(44,45)46/h1-22H,(H,47,49)(H,48,50)(H,51,52)(H,53,54)/t37-,38-/m1/s1. The zero-order valence-corrected chi connectivity index (χ0v) is 30.8. The van der Waals surface area contributed by atoms with E-state index in [0.717, 1.165) is 46.9 Å². The molecule has 0 fully saturated rings. The molecule has 298 valence electrons. The number of benzene rings is 4. The third-order valence-corrected chi connectivity index (χ3v) is 10.6. The van der Waals surface area contributed by atoms with E-state index in [1.165, 1.54) is 108 Å². The number of carbonyl (C=O) groups excluding carboxylic acids is 2. The van der Waals surface area contributed by atoms with Gasteiger partial charge in [0.1, 0.15) is 11.5 Å². The summed E-state index contributed by atoms with van der Waals surface area (Å²) >= 11 is 1.66. The lowest BCUT2D eigenvalue weighted by molar-refractivity contribution is -0.275. The number of nitrogens with one attached hydrogen (secondary N) is 2. The first-order valence-electron chi connectivity index (χ1n) is 16.5. The van der Waals surface area contributed by atoms with Gasteiger partial charge in [0.25, 0.3) is 11.8 Å². The average molecular weight is 841 g/mol. The van der Waals surface area contributed by atoms with Crippen molar-refractivity contribution in [1.29, 1.82) is 0 Å². The van der Waals surface area contributed by atoms with Crippen LogP contribution in [0.15, 0.2) is 132 Å². The van der Waals surface area contributed by atoms with E-state index in [1.807, 2.05) is 0 Å². The topological polar surface area (TPSA) is 151 Å². The van der Waals surface area contributed by atoms with Crippen molar-refractivity contribution in [1.82, 2.24) is 10.6 Å². The second-order valence-corrected chi connectivity index (χ2v) is 14.1. The first kappa shape index (κ1) is 41.0. The molecule has 0 bridgehead atoms. The van der Waals surface area contributed by atoms with Crippen LogP contribution in [0.4, 0.5) is 26.3 Å². The van der Waals surface area contributed by atoms with Crippen molar-refractivity contribution in [3.63, 3.8) is 0 Å². The largest absolute Gasteiger partial charge is 0.573 e. The predicted octanol–water partition coefficient (Wildman–Crippen LogP) is 9.06. The van der Waals surface area contributed by atoms with Crippen molar-refractivity contribution in [3.8, 4) is 33.8 Å². The highest BCUT2D eigenvalue weighted by molar-refractivity contribution is 7.12. The Morgan fingerprint density at radius 2 is 0.810 bits per heavy atom. The van der Waals surface area contributed by atoms with E-state index in [-0.39, 0.29) is 20.9 Å². The molecule has 0 saturated heterocycles. The summed E-state index contributed by atoms with van der Waals surface area (Å²) < 4.78 is 83.9. The normalized spacial score (nSPS) is 13.7. The monoisotopic (exact) mass is 840 g/mol. The molecule has 0 aliphatic carbocycles. The maximum Gasteiger partial charge on any atom is 0.573 e. The van der Waals surface area contributed by atoms with Crippen molar-refractivity contribution < 1.29 is 65.2 Å². The first-order chi connectivity index (χ1) is 27.4. The second-order valence-electron chi connectivity index (χ2n) is 12.3. The van der Waals surface area contributed by atoms with Crippen LogP contribution in [-0.4, -0.2) is 46.7 Å². The van der Waals surface area contributed by atoms with E-state index in [4.69, 9.17) is 0 Å². The summed E-state index contributed by atoms with van der Waals surface area (Å²) in [4.78, 5) is 56.0. The molecule has 0 aliphatic heterocycles. The molecule has 4 aromatic carbocycles. The maximum absolute atomic E-state index is 14.2. The maximum atomic E-state index is 14.2. The summed E-state index contributed by atoms with van der Waals surface area (Å²) in [6, 6.07) is 25.9. The van der Waals surface area contributed by atoms with Crippen LogP contribution in [0, 0.1) is 0 Å². The van der Waals surface area contributed by atoms with Gasteiger partial charge in [0.15, 0.2) is 0 Å². The minimum Gasteiger partial charge on any atom is -0.479 e. The molecule has 2 heterocycles. The van der Waals surface area contributed by atoms with Gasteiger partial charge >= 0.3 is 24.7 Å². The van der Waals surface area contributed by atoms with Gasteiger partial charge in [0.05, 0.1) is 9.75 Å². The predicted molar refractivity (Wildman–Crippen MR) is 199 cm³/mol. The Bertz CT molecular complexity index is 2270. The molecule has 2 amide bonds. The minimum atomic E-state index is -4.92. The highest BCUT2D eigenvalue weighted by atomic mass is 32.1. The fourth-order valence-electron chi connectivity index (χ4n) is 6.19. The highest BCUT2D eigenvalue weighted by Crippen LogP contribution is 2.43. The van der Waals surface area contributed by atoms with Crippen molar-refractivity contribution in [2.75, 3.05) is 0 Å². The summed E-state index contributed by atoms with van der Waals surface area (Å²) in [5.74, 6) is -6.90. The molecule has 4 N–H and O–H groups in total. The van der Waals surface area contributed by atoms with Crippen molar-refractivity contribution in [2.45, 2.75) is 23.8 Å². The van der Waals surface area contributed by atoms with Gasteiger partial charge in [-0.3, -0.25) is 9.59 Å². The summed E-state index contributed by atoms with van der Waals surface area (Å²) in [6.07, 6.45) is -9.84. The molecular weight excluding hydrogens is 815 g/mol. The molecule has 2 atom stereocenters. The van der Waals surface area contributed by atoms with Crippen LogP contribution in [0.1, 0.15) is 30.5 Å². The molecule has 0 unspecified atom stereocenters. The molecule has 0 radical (unpaired) electrons. The zero-order valence-electron chi connectivity index (χ0n) is 29.1. The molecule has 0 spiro atoms. The van der Waals surface area contributed by atoms with Crippen LogP contribution in [0.2, 0.25) is 0 Å². The molecule has 58 heavy (non-hydrogen) atoms. The van der Waals surface area contributed by atoms with E-state index in [1.54, 1.807) is 0 Å². The Labute approximate surface area is 331 Å². The molecule has 0 saturated carbocycles. The van der Waals surface area contributed by atoms with Gasteiger partial charge in [-0.05, 0) is 80.5 Å². The number of amides is 2. The molecule has 10 nitrogen and oxygen atoms in total. The number of rotatable bonds is 13. The van der Waals surface area contributed by atoms with E-state index >= 15 is 0 Å². The second kappa shape index (κ2) is 16.1. The fourth-order valence-corrected chi connectivity index (χ4v) is 7.81. The van der Waals surface area contributed by atoms with Crippen molar-refractivity contribution >= 4 is 46.4 Å². The molecular formula is C40H26F6N2O8S2. The van der Waals surface area contributed by atoms with Gasteiger partial charge in [0, 0.05) is 0 Å². The Hall–Kier alpha value is -6.66. The number of aliphatic carboxylic acids is 2. The summed E-state index contributed by atoms with van der Waals surface area (Å²) in [6.45, 7) is 0. The number of hydrogen-bond donors (Lipinski definition) is 4. The summed E-state index contributed by atoms with van der Waals surface area (Å²) in [7, 11) is 0. The Morgan fingerprint density at radius 1 is 0.483 bits per heavy atom. The smallest absolute Gasteiger partial charge is 0.479 e. The number of halogens is 6. The number of thiophene rings is 2. The van der Waals surface area contributed by atoms with Gasteiger partial charge in [-0.2, -0.15) is 0 Å². The molecule has 18 heteroatoms. The van der Waals surface area contributed by atoms with E-state index < -0.39 is 59.1 Å². The molecule has 6 aromatic rings. The zero-order chi connectivity index (χ0) is 41.9. The number of alkyl halides is 6. The third kappa shape index (κ3) is 8.52. The van der Waals surface area contributed by atoms with Crippen LogP contribution in [-0.2, 0) is 20.7 Å². The quantitative estimate of drug-likeness (QED) is 0.0842. The van der Waals surface area contributed by atoms with Crippen LogP contribution in [0.3, 0.4) is 0 Å². The lowest BCUT2D eigenvalue weighted by Gasteiger charge is -2.46. The van der Waals surface area contributed by atoms with Crippen LogP contribution < -0.4 is 20.1 Å². The lowest BCUT2D eigenvalue weighted by Crippen LogP contribution is -2.73. The van der Waals surface area contributed by atoms with E-state index in [9.17, 15) is 55.7 Å². The van der Waals surface area contributed by atoms with Crippen LogP contribution >= 0.6 is 22.7 Å². The number of carbonyl (C=O) groups is 4. The number of ether oxygens (including phenoxy) is 2. The van der Waals surface area contributed by atoms with Crippen molar-refractivity contribution in [3.05, 3.63) is 153 Å². The minimum absolute atomic E-state index is 0.125. The SMILES string of the molecule is O=C(N[C@@](C(=O)O)(c1ccccc1)[C@](NC(=O)c1cc(-c2ccc(OC(F)(F)F)cc2)cs1)(C(=O)O)c1ccccc1)c1cc(-c2ccc(OC(F)(F)F)cc2)cs1. The first-order valence-corrected chi connectivity index (χ1v) is 18.3. The molecule has 0 aliphatic rings. The van der Waals surface area contributed by atoms with Gasteiger partial charge in [-0.25, -0.2) is 9.59 Å². The van der Waals surface area contributed by atoms with E-state index in [2.05, 4.69) is 20.1 Å². The molecule has 6 rings (SSSR count). The highest BCUT2D eigenvalue weighted by Gasteiger charge is 2.66. The van der Waals surface area contributed by atoms with Gasteiger partial charge in [-0.1, -0.05) is 84.9 Å².